The van der Waals surface area contributed by atoms with Crippen molar-refractivity contribution in [1.29, 1.82) is 0 Å². The van der Waals surface area contributed by atoms with Gasteiger partial charge < -0.3 is 5.32 Å². The van der Waals surface area contributed by atoms with E-state index >= 15 is 0 Å². The lowest BCUT2D eigenvalue weighted by atomic mass is 10.1. The second kappa shape index (κ2) is 4.74. The van der Waals surface area contributed by atoms with E-state index in [9.17, 15) is 25.0 Å². The fourth-order valence-electron chi connectivity index (χ4n) is 1.15. The first-order chi connectivity index (χ1) is 7.88. The average molecular weight is 260 g/mol. The molecule has 0 heterocycles. The van der Waals surface area contributed by atoms with Crippen LogP contribution in [0.25, 0.3) is 0 Å². The van der Waals surface area contributed by atoms with Gasteiger partial charge in [-0.1, -0.05) is 11.6 Å². The van der Waals surface area contributed by atoms with Crippen LogP contribution in [0.15, 0.2) is 12.1 Å². The highest BCUT2D eigenvalue weighted by molar-refractivity contribution is 6.34. The molecule has 0 aliphatic carbocycles. The molecule has 90 valence electrons. The van der Waals surface area contributed by atoms with E-state index in [1.807, 2.05) is 0 Å². The van der Waals surface area contributed by atoms with Crippen molar-refractivity contribution in [2.45, 2.75) is 0 Å². The van der Waals surface area contributed by atoms with Crippen molar-refractivity contribution in [2.24, 2.45) is 0 Å². The van der Waals surface area contributed by atoms with E-state index in [2.05, 4.69) is 5.32 Å². The van der Waals surface area contributed by atoms with Crippen molar-refractivity contribution in [3.63, 3.8) is 0 Å². The lowest BCUT2D eigenvalue weighted by Crippen LogP contribution is -2.18. The molecule has 9 heteroatoms. The van der Waals surface area contributed by atoms with Gasteiger partial charge in [0, 0.05) is 19.2 Å². The Hall–Kier alpha value is -2.22. The number of rotatable bonds is 3. The second-order valence-corrected chi connectivity index (χ2v) is 3.32. The number of halogens is 1. The molecule has 1 aromatic carbocycles. The fraction of sp³-hybridized carbons (Fsp3) is 0.125. The van der Waals surface area contributed by atoms with Gasteiger partial charge in [0.05, 0.1) is 20.4 Å². The summed E-state index contributed by atoms with van der Waals surface area (Å²) in [5, 5.41) is 23.2. The predicted molar refractivity (Wildman–Crippen MR) is 58.2 cm³/mol. The van der Waals surface area contributed by atoms with E-state index in [0.29, 0.717) is 0 Å². The highest BCUT2D eigenvalue weighted by atomic mass is 35.5. The summed E-state index contributed by atoms with van der Waals surface area (Å²) in [6.45, 7) is 0. The molecular weight excluding hydrogens is 254 g/mol. The Labute approximate surface area is 99.5 Å². The van der Waals surface area contributed by atoms with Crippen LogP contribution < -0.4 is 5.32 Å². The Bertz CT molecular complexity index is 516. The fourth-order valence-corrected chi connectivity index (χ4v) is 1.40. The lowest BCUT2D eigenvalue weighted by Gasteiger charge is -2.03. The van der Waals surface area contributed by atoms with Crippen LogP contribution in [0.2, 0.25) is 5.02 Å². The first-order valence-corrected chi connectivity index (χ1v) is 4.60. The molecule has 0 unspecified atom stereocenters. The highest BCUT2D eigenvalue weighted by Crippen LogP contribution is 2.32. The third-order valence-electron chi connectivity index (χ3n) is 1.93. The van der Waals surface area contributed by atoms with Gasteiger partial charge in [-0.15, -0.1) is 0 Å². The number of hydrogen-bond donors (Lipinski definition) is 1. The zero-order valence-electron chi connectivity index (χ0n) is 8.47. The molecule has 1 amide bonds. The molecule has 0 fully saturated rings. The number of nitro groups is 2. The van der Waals surface area contributed by atoms with Crippen LogP contribution >= 0.6 is 11.6 Å². The number of benzene rings is 1. The van der Waals surface area contributed by atoms with Crippen molar-refractivity contribution >= 4 is 28.9 Å². The zero-order chi connectivity index (χ0) is 13.2. The third-order valence-corrected chi connectivity index (χ3v) is 2.24. The van der Waals surface area contributed by atoms with Gasteiger partial charge in [-0.2, -0.15) is 0 Å². The molecule has 1 aromatic rings. The second-order valence-electron chi connectivity index (χ2n) is 2.91. The summed E-state index contributed by atoms with van der Waals surface area (Å²) in [6, 6.07) is 1.56. The largest absolute Gasteiger partial charge is 0.355 e. The normalized spacial score (nSPS) is 9.76. The van der Waals surface area contributed by atoms with Crippen molar-refractivity contribution in [3.8, 4) is 0 Å². The molecule has 1 N–H and O–H groups in total. The molecule has 0 aromatic heterocycles. The minimum absolute atomic E-state index is 0.188. The SMILES string of the molecule is CNC(=O)c1cc([N+](=O)[O-])c([N+](=O)[O-])cc1Cl. The first kappa shape index (κ1) is 12.8. The number of carbonyl (C=O) groups is 1. The molecule has 8 nitrogen and oxygen atoms in total. The number of hydrogen-bond acceptors (Lipinski definition) is 5. The van der Waals surface area contributed by atoms with Gasteiger partial charge in [-0.3, -0.25) is 25.0 Å². The van der Waals surface area contributed by atoms with Crippen LogP contribution in [0, 0.1) is 20.2 Å². The number of nitrogens with zero attached hydrogens (tertiary/aromatic N) is 2. The van der Waals surface area contributed by atoms with Crippen molar-refractivity contribution < 1.29 is 14.6 Å². The van der Waals surface area contributed by atoms with Crippen molar-refractivity contribution in [1.82, 2.24) is 5.32 Å². The van der Waals surface area contributed by atoms with Gasteiger partial charge in [0.25, 0.3) is 5.91 Å². The maximum atomic E-state index is 11.3. The lowest BCUT2D eigenvalue weighted by molar-refractivity contribution is -0.422. The average Bonchev–Trinajstić information content (AvgIpc) is 2.27. The Morgan fingerprint density at radius 3 is 2.12 bits per heavy atom. The molecule has 17 heavy (non-hydrogen) atoms. The van der Waals surface area contributed by atoms with Crippen molar-refractivity contribution in [3.05, 3.63) is 42.9 Å². The summed E-state index contributed by atoms with van der Waals surface area (Å²) in [7, 11) is 1.31. The molecule has 0 aliphatic rings. The van der Waals surface area contributed by atoms with Gasteiger partial charge >= 0.3 is 11.4 Å². The monoisotopic (exact) mass is 259 g/mol. The molecule has 0 atom stereocenters. The van der Waals surface area contributed by atoms with E-state index in [0.717, 1.165) is 12.1 Å². The van der Waals surface area contributed by atoms with E-state index < -0.39 is 27.1 Å². The Balaban J connectivity index is 3.50. The van der Waals surface area contributed by atoms with Crippen LogP contribution in [0.1, 0.15) is 10.4 Å². The zero-order valence-corrected chi connectivity index (χ0v) is 9.22. The smallest absolute Gasteiger partial charge is 0.347 e. The minimum atomic E-state index is -0.944. The maximum Gasteiger partial charge on any atom is 0.347 e. The minimum Gasteiger partial charge on any atom is -0.355 e. The molecule has 0 spiro atoms. The summed E-state index contributed by atoms with van der Waals surface area (Å²) in [5.74, 6) is -0.659. The molecule has 0 saturated heterocycles. The summed E-state index contributed by atoms with van der Waals surface area (Å²) >= 11 is 5.64. The number of amides is 1. The maximum absolute atomic E-state index is 11.3. The Morgan fingerprint density at radius 2 is 1.71 bits per heavy atom. The standard InChI is InChI=1S/C8H6ClN3O5/c1-10-8(13)4-2-6(11(14)15)7(12(16)17)3-5(4)9/h2-3H,1H3,(H,10,13). The van der Waals surface area contributed by atoms with Crippen LogP contribution in [-0.4, -0.2) is 22.8 Å². The quantitative estimate of drug-likeness (QED) is 0.652. The van der Waals surface area contributed by atoms with Crippen LogP contribution in [0.5, 0.6) is 0 Å². The third kappa shape index (κ3) is 2.48. The molecule has 0 aliphatic heterocycles. The van der Waals surface area contributed by atoms with Crippen LogP contribution in [0.4, 0.5) is 11.4 Å². The number of nitro benzene ring substituents is 2. The van der Waals surface area contributed by atoms with E-state index in [1.165, 1.54) is 7.05 Å². The van der Waals surface area contributed by atoms with Crippen LogP contribution in [-0.2, 0) is 0 Å². The van der Waals surface area contributed by atoms with Gasteiger partial charge in [0.15, 0.2) is 0 Å². The van der Waals surface area contributed by atoms with Gasteiger partial charge in [-0.25, -0.2) is 0 Å². The van der Waals surface area contributed by atoms with E-state index in [-0.39, 0.29) is 10.6 Å². The molecule has 0 saturated carbocycles. The Morgan fingerprint density at radius 1 is 1.24 bits per heavy atom. The van der Waals surface area contributed by atoms with E-state index in [1.54, 1.807) is 0 Å². The number of nitrogens with one attached hydrogen (secondary N) is 1. The molecule has 0 bridgehead atoms. The van der Waals surface area contributed by atoms with Gasteiger partial charge in [0.1, 0.15) is 0 Å². The molecular formula is C8H6ClN3O5. The van der Waals surface area contributed by atoms with E-state index in [4.69, 9.17) is 11.6 Å². The molecule has 0 radical (unpaired) electrons. The highest BCUT2D eigenvalue weighted by Gasteiger charge is 2.28. The summed E-state index contributed by atoms with van der Waals surface area (Å²) in [5.41, 5.74) is -1.72. The van der Waals surface area contributed by atoms with Gasteiger partial charge in [0.2, 0.25) is 0 Å². The predicted octanol–water partition coefficient (Wildman–Crippen LogP) is 1.52. The van der Waals surface area contributed by atoms with Gasteiger partial charge in [-0.05, 0) is 0 Å². The molecule has 1 rings (SSSR count). The Kier molecular flexibility index (Phi) is 3.59. The first-order valence-electron chi connectivity index (χ1n) is 4.23. The van der Waals surface area contributed by atoms with Crippen molar-refractivity contribution in [2.75, 3.05) is 7.05 Å². The summed E-state index contributed by atoms with van der Waals surface area (Å²) in [6.07, 6.45) is 0. The number of carbonyl (C=O) groups excluding carboxylic acids is 1. The topological polar surface area (TPSA) is 115 Å². The summed E-state index contributed by atoms with van der Waals surface area (Å²) < 4.78 is 0. The summed E-state index contributed by atoms with van der Waals surface area (Å²) in [4.78, 5) is 30.6. The van der Waals surface area contributed by atoms with Crippen LogP contribution in [0.3, 0.4) is 0 Å².